The Morgan fingerprint density at radius 2 is 2.00 bits per heavy atom. The maximum atomic E-state index is 14.4. The summed E-state index contributed by atoms with van der Waals surface area (Å²) in [6.07, 6.45) is 0. The number of esters is 2. The summed E-state index contributed by atoms with van der Waals surface area (Å²) in [6, 6.07) is 1.87. The normalized spacial score (nSPS) is 10.9. The second-order valence-electron chi connectivity index (χ2n) is 5.16. The molecule has 7 nitrogen and oxygen atoms in total. The van der Waals surface area contributed by atoms with Crippen molar-refractivity contribution < 1.29 is 37.0 Å². The first kappa shape index (κ1) is 22.0. The smallest absolute Gasteiger partial charge is 0.388 e. The molecule has 2 aromatic rings. The molecule has 2 rings (SSSR count). The van der Waals surface area contributed by atoms with Crippen molar-refractivity contribution in [2.24, 2.45) is 7.05 Å². The Hall–Kier alpha value is -2.27. The van der Waals surface area contributed by atoms with Crippen molar-refractivity contribution >= 4 is 39.5 Å². The van der Waals surface area contributed by atoms with Crippen LogP contribution in [0.2, 0.25) is 5.02 Å². The van der Waals surface area contributed by atoms with Gasteiger partial charge in [-0.15, -0.1) is 0 Å². The van der Waals surface area contributed by atoms with E-state index < -0.39 is 31.0 Å². The van der Waals surface area contributed by atoms with E-state index in [0.717, 1.165) is 16.8 Å². The SMILES string of the molecule is CCOC(=O)COC(=O)c1cc(-c2nn(C)c(OC(F)F)c2Br)c(F)cc1Cl. The first-order valence-electron chi connectivity index (χ1n) is 7.65. The number of hydrogen-bond donors (Lipinski definition) is 0. The van der Waals surface area contributed by atoms with Crippen LogP contribution in [0.4, 0.5) is 13.2 Å². The van der Waals surface area contributed by atoms with Gasteiger partial charge >= 0.3 is 18.6 Å². The van der Waals surface area contributed by atoms with Gasteiger partial charge in [-0.2, -0.15) is 13.9 Å². The van der Waals surface area contributed by atoms with E-state index >= 15 is 0 Å². The van der Waals surface area contributed by atoms with Crippen LogP contribution in [0.1, 0.15) is 17.3 Å². The van der Waals surface area contributed by atoms with Crippen LogP contribution < -0.4 is 4.74 Å². The number of carbonyl (C=O) groups is 2. The Bertz CT molecular complexity index is 907. The molecule has 12 heteroatoms. The summed E-state index contributed by atoms with van der Waals surface area (Å²) in [6.45, 7) is -2.09. The van der Waals surface area contributed by atoms with Crippen LogP contribution in [0.25, 0.3) is 11.3 Å². The molecular formula is C16H13BrClF3N2O5. The van der Waals surface area contributed by atoms with Gasteiger partial charge < -0.3 is 14.2 Å². The summed E-state index contributed by atoms with van der Waals surface area (Å²) >= 11 is 8.92. The van der Waals surface area contributed by atoms with Crippen molar-refractivity contribution in [3.05, 3.63) is 33.0 Å². The topological polar surface area (TPSA) is 79.7 Å². The molecule has 0 unspecified atom stereocenters. The highest BCUT2D eigenvalue weighted by Gasteiger charge is 2.25. The van der Waals surface area contributed by atoms with E-state index in [1.165, 1.54) is 7.05 Å². The van der Waals surface area contributed by atoms with Crippen LogP contribution >= 0.6 is 27.5 Å². The maximum Gasteiger partial charge on any atom is 0.388 e. The number of carbonyl (C=O) groups excluding carboxylic acids is 2. The molecule has 0 radical (unpaired) electrons. The molecule has 0 aliphatic carbocycles. The molecule has 0 fully saturated rings. The van der Waals surface area contributed by atoms with Gasteiger partial charge in [-0.1, -0.05) is 11.6 Å². The lowest BCUT2D eigenvalue weighted by Crippen LogP contribution is -2.17. The fraction of sp³-hybridized carbons (Fsp3) is 0.312. The third-order valence-electron chi connectivity index (χ3n) is 3.30. The molecule has 1 aromatic carbocycles. The molecule has 0 aliphatic rings. The molecule has 0 aliphatic heterocycles. The summed E-state index contributed by atoms with van der Waals surface area (Å²) in [5.74, 6) is -2.98. The first-order valence-corrected chi connectivity index (χ1v) is 8.82. The van der Waals surface area contributed by atoms with Crippen LogP contribution in [-0.2, 0) is 21.3 Å². The van der Waals surface area contributed by atoms with Crippen molar-refractivity contribution in [2.45, 2.75) is 13.5 Å². The van der Waals surface area contributed by atoms with Gasteiger partial charge in [0, 0.05) is 12.6 Å². The minimum atomic E-state index is -3.12. The van der Waals surface area contributed by atoms with Gasteiger partial charge in [0.25, 0.3) is 0 Å². The Kier molecular flexibility index (Phi) is 7.30. The predicted molar refractivity (Wildman–Crippen MR) is 94.9 cm³/mol. The van der Waals surface area contributed by atoms with E-state index in [9.17, 15) is 22.8 Å². The number of hydrogen-bond acceptors (Lipinski definition) is 6. The number of rotatable bonds is 7. The van der Waals surface area contributed by atoms with Crippen molar-refractivity contribution in [1.29, 1.82) is 0 Å². The lowest BCUT2D eigenvalue weighted by molar-refractivity contribution is -0.146. The Labute approximate surface area is 170 Å². The molecule has 0 atom stereocenters. The molecule has 28 heavy (non-hydrogen) atoms. The van der Waals surface area contributed by atoms with E-state index in [2.05, 4.69) is 30.5 Å². The third kappa shape index (κ3) is 4.96. The van der Waals surface area contributed by atoms with E-state index in [0.29, 0.717) is 0 Å². The van der Waals surface area contributed by atoms with Crippen LogP contribution in [0, 0.1) is 5.82 Å². The van der Waals surface area contributed by atoms with Gasteiger partial charge in [-0.25, -0.2) is 18.7 Å². The average molecular weight is 486 g/mol. The summed E-state index contributed by atoms with van der Waals surface area (Å²) in [5.41, 5.74) is -0.581. The zero-order valence-electron chi connectivity index (χ0n) is 14.5. The van der Waals surface area contributed by atoms with Gasteiger partial charge in [-0.05, 0) is 35.0 Å². The Morgan fingerprint density at radius 1 is 1.32 bits per heavy atom. The quantitative estimate of drug-likeness (QED) is 0.553. The molecule has 0 bridgehead atoms. The summed E-state index contributed by atoms with van der Waals surface area (Å²) in [5, 5.41) is 3.65. The van der Waals surface area contributed by atoms with Gasteiger partial charge in [0.2, 0.25) is 5.88 Å². The Balaban J connectivity index is 2.39. The van der Waals surface area contributed by atoms with Crippen molar-refractivity contribution in [2.75, 3.05) is 13.2 Å². The van der Waals surface area contributed by atoms with Crippen molar-refractivity contribution in [3.63, 3.8) is 0 Å². The second-order valence-corrected chi connectivity index (χ2v) is 6.36. The number of alkyl halides is 2. The fourth-order valence-corrected chi connectivity index (χ4v) is 3.03. The van der Waals surface area contributed by atoms with Gasteiger partial charge in [0.05, 0.1) is 17.2 Å². The van der Waals surface area contributed by atoms with Crippen LogP contribution in [0.15, 0.2) is 16.6 Å². The number of ether oxygens (including phenoxy) is 3. The maximum absolute atomic E-state index is 14.4. The molecule has 0 saturated carbocycles. The lowest BCUT2D eigenvalue weighted by atomic mass is 10.1. The average Bonchev–Trinajstić information content (AvgIpc) is 2.88. The number of nitrogens with zero attached hydrogens (tertiary/aromatic N) is 2. The molecule has 1 heterocycles. The zero-order valence-corrected chi connectivity index (χ0v) is 16.8. The van der Waals surface area contributed by atoms with Crippen LogP contribution in [0.5, 0.6) is 5.88 Å². The predicted octanol–water partition coefficient (Wildman–Crippen LogP) is 3.96. The number of aryl methyl sites for hydroxylation is 1. The molecule has 152 valence electrons. The highest BCUT2D eigenvalue weighted by Crippen LogP contribution is 2.38. The van der Waals surface area contributed by atoms with E-state index in [1.54, 1.807) is 6.92 Å². The van der Waals surface area contributed by atoms with Crippen molar-refractivity contribution in [1.82, 2.24) is 9.78 Å². The van der Waals surface area contributed by atoms with Gasteiger partial charge in [0.1, 0.15) is 16.0 Å². The second kappa shape index (κ2) is 9.28. The van der Waals surface area contributed by atoms with Crippen LogP contribution in [0.3, 0.4) is 0 Å². The van der Waals surface area contributed by atoms with Gasteiger partial charge in [-0.3, -0.25) is 0 Å². The zero-order chi connectivity index (χ0) is 21.0. The Morgan fingerprint density at radius 3 is 2.61 bits per heavy atom. The van der Waals surface area contributed by atoms with E-state index in [1.807, 2.05) is 0 Å². The number of halogens is 5. The molecular weight excluding hydrogens is 473 g/mol. The fourth-order valence-electron chi connectivity index (χ4n) is 2.16. The minimum Gasteiger partial charge on any atom is -0.463 e. The first-order chi connectivity index (χ1) is 13.1. The lowest BCUT2D eigenvalue weighted by Gasteiger charge is -2.09. The van der Waals surface area contributed by atoms with Crippen LogP contribution in [-0.4, -0.2) is 41.5 Å². The summed E-state index contributed by atoms with van der Waals surface area (Å²) < 4.78 is 54.1. The molecule has 0 saturated heterocycles. The number of aromatic nitrogens is 2. The largest absolute Gasteiger partial charge is 0.463 e. The van der Waals surface area contributed by atoms with Crippen molar-refractivity contribution in [3.8, 4) is 17.1 Å². The standard InChI is InChI=1S/C16H13BrClF3N2O5/c1-3-26-11(24)6-27-15(25)7-4-8(10(19)5-9(7)18)13-12(17)14(23(2)22-13)28-16(20)21/h4-5,16H,3,6H2,1-2H3. The van der Waals surface area contributed by atoms with E-state index in [4.69, 9.17) is 16.3 Å². The molecule has 0 spiro atoms. The molecule has 0 N–H and O–H groups in total. The third-order valence-corrected chi connectivity index (χ3v) is 4.33. The van der Waals surface area contributed by atoms with E-state index in [-0.39, 0.29) is 38.8 Å². The summed E-state index contributed by atoms with van der Waals surface area (Å²) in [4.78, 5) is 23.5. The highest BCUT2D eigenvalue weighted by molar-refractivity contribution is 9.10. The summed E-state index contributed by atoms with van der Waals surface area (Å²) in [7, 11) is 1.31. The monoisotopic (exact) mass is 484 g/mol. The minimum absolute atomic E-state index is 0.0534. The number of benzene rings is 1. The highest BCUT2D eigenvalue weighted by atomic mass is 79.9. The molecule has 1 aromatic heterocycles. The molecule has 0 amide bonds. The van der Waals surface area contributed by atoms with Gasteiger partial charge in [0.15, 0.2) is 6.61 Å².